The third-order valence-corrected chi connectivity index (χ3v) is 6.85. The maximum atomic E-state index is 13.8. The summed E-state index contributed by atoms with van der Waals surface area (Å²) in [5.74, 6) is -2.07. The van der Waals surface area contributed by atoms with Gasteiger partial charge in [0.05, 0.1) is 37.3 Å². The molecule has 8 heteroatoms. The summed E-state index contributed by atoms with van der Waals surface area (Å²) in [5, 5.41) is 20.8. The van der Waals surface area contributed by atoms with Crippen LogP contribution in [0.1, 0.15) is 63.1 Å². The van der Waals surface area contributed by atoms with Crippen molar-refractivity contribution in [1.29, 1.82) is 0 Å². The maximum absolute atomic E-state index is 13.8. The molecule has 3 rings (SSSR count). The van der Waals surface area contributed by atoms with Crippen molar-refractivity contribution in [2.45, 2.75) is 63.6 Å². The van der Waals surface area contributed by atoms with Crippen LogP contribution in [0, 0.1) is 5.92 Å². The molecular weight excluding hydrogens is 489 g/mol. The molecule has 1 amide bonds. The number of benzene rings is 2. The fourth-order valence-corrected chi connectivity index (χ4v) is 5.14. The Kier molecular flexibility index (Phi) is 9.22. The Labute approximate surface area is 216 Å². The Bertz CT molecular complexity index is 1020. The minimum atomic E-state index is -1.01. The van der Waals surface area contributed by atoms with Crippen molar-refractivity contribution in [3.8, 4) is 0 Å². The number of aliphatic carboxylic acids is 1. The van der Waals surface area contributed by atoms with Crippen molar-refractivity contribution in [1.82, 2.24) is 4.90 Å². The lowest BCUT2D eigenvalue weighted by Crippen LogP contribution is -2.53. The molecule has 0 radical (unpaired) electrons. The fraction of sp³-hybridized carbons (Fsp3) is 0.481. The first-order valence-electron chi connectivity index (χ1n) is 11.8. The van der Waals surface area contributed by atoms with E-state index >= 15 is 0 Å². The van der Waals surface area contributed by atoms with Gasteiger partial charge in [-0.05, 0) is 62.1 Å². The number of halogens is 2. The average molecular weight is 522 g/mol. The SMILES string of the molecule is CC[C@@H](COCC(C)(C)O)N1C(=O)[C@H](CC(=O)O)C[C@H](c2cccc(Cl)c2)C1c1ccc(Cl)cc1. The third kappa shape index (κ3) is 7.20. The molecule has 1 unspecified atom stereocenters. The van der Waals surface area contributed by atoms with Gasteiger partial charge in [-0.2, -0.15) is 0 Å². The molecule has 2 aromatic rings. The third-order valence-electron chi connectivity index (χ3n) is 6.36. The van der Waals surface area contributed by atoms with Crippen LogP contribution in [0.5, 0.6) is 0 Å². The van der Waals surface area contributed by atoms with Crippen LogP contribution in [-0.4, -0.2) is 51.8 Å². The zero-order chi connectivity index (χ0) is 25.8. The molecule has 190 valence electrons. The van der Waals surface area contributed by atoms with E-state index in [1.807, 2.05) is 37.3 Å². The van der Waals surface area contributed by atoms with Gasteiger partial charge in [-0.25, -0.2) is 0 Å². The van der Waals surface area contributed by atoms with Crippen LogP contribution in [0.15, 0.2) is 48.5 Å². The van der Waals surface area contributed by atoms with Gasteiger partial charge in [0.2, 0.25) is 5.91 Å². The van der Waals surface area contributed by atoms with E-state index in [-0.39, 0.29) is 43.5 Å². The lowest BCUT2D eigenvalue weighted by Gasteiger charge is -2.48. The first kappa shape index (κ1) is 27.5. The Morgan fingerprint density at radius 3 is 2.40 bits per heavy atom. The molecule has 2 N–H and O–H groups in total. The van der Waals surface area contributed by atoms with Crippen LogP contribution in [0.25, 0.3) is 0 Å². The number of nitrogens with zero attached hydrogens (tertiary/aromatic N) is 1. The summed E-state index contributed by atoms with van der Waals surface area (Å²) >= 11 is 12.5. The van der Waals surface area contributed by atoms with E-state index in [1.54, 1.807) is 36.9 Å². The van der Waals surface area contributed by atoms with Gasteiger partial charge in [0.1, 0.15) is 0 Å². The number of amides is 1. The van der Waals surface area contributed by atoms with E-state index in [0.717, 1.165) is 11.1 Å². The molecular formula is C27H33Cl2NO5. The van der Waals surface area contributed by atoms with Gasteiger partial charge >= 0.3 is 5.97 Å². The highest BCUT2D eigenvalue weighted by Crippen LogP contribution is 2.47. The van der Waals surface area contributed by atoms with E-state index < -0.39 is 17.5 Å². The summed E-state index contributed by atoms with van der Waals surface area (Å²) in [7, 11) is 0. The number of likely N-dealkylation sites (tertiary alicyclic amines) is 1. The van der Waals surface area contributed by atoms with Crippen LogP contribution >= 0.6 is 23.2 Å². The van der Waals surface area contributed by atoms with E-state index in [2.05, 4.69) is 0 Å². The number of carboxylic acids is 1. The maximum Gasteiger partial charge on any atom is 0.304 e. The summed E-state index contributed by atoms with van der Waals surface area (Å²) in [6.07, 6.45) is 0.737. The summed E-state index contributed by atoms with van der Waals surface area (Å²) in [6, 6.07) is 14.2. The van der Waals surface area contributed by atoms with Crippen molar-refractivity contribution in [3.63, 3.8) is 0 Å². The molecule has 0 bridgehead atoms. The summed E-state index contributed by atoms with van der Waals surface area (Å²) in [5.41, 5.74) is 0.842. The largest absolute Gasteiger partial charge is 0.481 e. The molecule has 1 saturated heterocycles. The lowest BCUT2D eigenvalue weighted by atomic mass is 9.74. The van der Waals surface area contributed by atoms with Crippen LogP contribution in [0.4, 0.5) is 0 Å². The van der Waals surface area contributed by atoms with Gasteiger partial charge in [0.25, 0.3) is 0 Å². The minimum Gasteiger partial charge on any atom is -0.481 e. The summed E-state index contributed by atoms with van der Waals surface area (Å²) in [6.45, 7) is 5.63. The van der Waals surface area contributed by atoms with Crippen molar-refractivity contribution in [2.75, 3.05) is 13.2 Å². The van der Waals surface area contributed by atoms with Gasteiger partial charge in [-0.1, -0.05) is 54.4 Å². The van der Waals surface area contributed by atoms with Gasteiger partial charge in [0.15, 0.2) is 0 Å². The van der Waals surface area contributed by atoms with Crippen LogP contribution in [-0.2, 0) is 14.3 Å². The Morgan fingerprint density at radius 1 is 1.14 bits per heavy atom. The highest BCUT2D eigenvalue weighted by Gasteiger charge is 2.46. The number of hydrogen-bond acceptors (Lipinski definition) is 4. The Morgan fingerprint density at radius 2 is 1.83 bits per heavy atom. The zero-order valence-electron chi connectivity index (χ0n) is 20.3. The van der Waals surface area contributed by atoms with Gasteiger partial charge < -0.3 is 19.8 Å². The second-order valence-corrected chi connectivity index (χ2v) is 10.7. The van der Waals surface area contributed by atoms with E-state index in [9.17, 15) is 19.8 Å². The molecule has 0 saturated carbocycles. The van der Waals surface area contributed by atoms with Crippen molar-refractivity contribution >= 4 is 35.1 Å². The van der Waals surface area contributed by atoms with Crippen LogP contribution in [0.2, 0.25) is 10.0 Å². The summed E-state index contributed by atoms with van der Waals surface area (Å²) in [4.78, 5) is 27.3. The first-order valence-corrected chi connectivity index (χ1v) is 12.6. The number of carbonyl (C=O) groups is 2. The van der Waals surface area contributed by atoms with Gasteiger partial charge in [-0.15, -0.1) is 0 Å². The molecule has 4 atom stereocenters. The molecule has 1 aliphatic rings. The van der Waals surface area contributed by atoms with E-state index in [0.29, 0.717) is 22.9 Å². The van der Waals surface area contributed by atoms with E-state index in [4.69, 9.17) is 27.9 Å². The number of ether oxygens (including phenoxy) is 1. The highest BCUT2D eigenvalue weighted by molar-refractivity contribution is 6.30. The molecule has 1 heterocycles. The molecule has 0 spiro atoms. The monoisotopic (exact) mass is 521 g/mol. The Balaban J connectivity index is 2.09. The second kappa shape index (κ2) is 11.7. The molecule has 35 heavy (non-hydrogen) atoms. The quantitative estimate of drug-likeness (QED) is 0.418. The van der Waals surface area contributed by atoms with Crippen LogP contribution in [0.3, 0.4) is 0 Å². The number of carbonyl (C=O) groups excluding carboxylic acids is 1. The van der Waals surface area contributed by atoms with E-state index in [1.165, 1.54) is 0 Å². The predicted molar refractivity (Wildman–Crippen MR) is 137 cm³/mol. The number of hydrogen-bond donors (Lipinski definition) is 2. The minimum absolute atomic E-state index is 0.118. The van der Waals surface area contributed by atoms with Crippen molar-refractivity contribution in [2.24, 2.45) is 5.92 Å². The average Bonchev–Trinajstić information content (AvgIpc) is 2.78. The van der Waals surface area contributed by atoms with Gasteiger partial charge in [-0.3, -0.25) is 9.59 Å². The van der Waals surface area contributed by atoms with Gasteiger partial charge in [0, 0.05) is 21.9 Å². The molecule has 2 aromatic carbocycles. The lowest BCUT2D eigenvalue weighted by molar-refractivity contribution is -0.154. The van der Waals surface area contributed by atoms with Crippen molar-refractivity contribution < 1.29 is 24.5 Å². The van der Waals surface area contributed by atoms with Crippen LogP contribution < -0.4 is 0 Å². The highest BCUT2D eigenvalue weighted by atomic mass is 35.5. The standard InChI is InChI=1S/C27H33Cl2NO5/c1-4-22(15-35-16-27(2,3)34)30-25(17-8-10-20(28)11-9-17)23(18-6-5-7-21(29)12-18)13-19(26(30)33)14-24(31)32/h5-12,19,22-23,25,34H,4,13-16H2,1-3H3,(H,31,32)/t19-,22-,23+,25?/m0/s1. The number of piperidine rings is 1. The van der Waals surface area contributed by atoms with Crippen molar-refractivity contribution in [3.05, 3.63) is 69.7 Å². The molecule has 1 aliphatic heterocycles. The Hall–Kier alpha value is -2.12. The molecule has 0 aliphatic carbocycles. The molecule has 0 aromatic heterocycles. The number of aliphatic hydroxyl groups is 1. The normalized spacial score (nSPS) is 21.7. The number of rotatable bonds is 10. The topological polar surface area (TPSA) is 87.1 Å². The first-order chi connectivity index (χ1) is 16.5. The molecule has 6 nitrogen and oxygen atoms in total. The smallest absolute Gasteiger partial charge is 0.304 e. The summed E-state index contributed by atoms with van der Waals surface area (Å²) < 4.78 is 5.83. The second-order valence-electron chi connectivity index (χ2n) is 9.82. The zero-order valence-corrected chi connectivity index (χ0v) is 21.8. The predicted octanol–water partition coefficient (Wildman–Crippen LogP) is 5.71. The number of carboxylic acid groups (broad SMARTS) is 1. The fourth-order valence-electron chi connectivity index (χ4n) is 4.81. The molecule has 1 fully saturated rings.